The molecule has 12 nitrogen and oxygen atoms in total. The fourth-order valence-corrected chi connectivity index (χ4v) is 12.7. The minimum absolute atomic E-state index is 0.0749. The Kier molecular flexibility index (Phi) is 9.01. The third kappa shape index (κ3) is 6.45. The lowest BCUT2D eigenvalue weighted by molar-refractivity contribution is -0.247. The first kappa shape index (κ1) is 37.1. The molecule has 56 heavy (non-hydrogen) atoms. The minimum atomic E-state index is -0.147. The zero-order valence-corrected chi connectivity index (χ0v) is 34.6. The molecule has 1 amide bonds. The van der Waals surface area contributed by atoms with Gasteiger partial charge in [0.2, 0.25) is 0 Å². The van der Waals surface area contributed by atoms with Crippen molar-refractivity contribution in [1.29, 1.82) is 0 Å². The summed E-state index contributed by atoms with van der Waals surface area (Å²) in [5.41, 5.74) is 6.90. The Bertz CT molecular complexity index is 2280. The van der Waals surface area contributed by atoms with E-state index in [2.05, 4.69) is 59.1 Å². The number of anilines is 4. The average molecular weight is 775 g/mol. The number of carbonyl (C=O) groups is 1. The van der Waals surface area contributed by atoms with E-state index in [0.717, 1.165) is 107 Å². The quantitative estimate of drug-likeness (QED) is 0.128. The lowest BCUT2D eigenvalue weighted by atomic mass is 9.39. The molecule has 5 aliphatic rings. The Morgan fingerprint density at radius 3 is 2.50 bits per heavy atom. The molecule has 4 atom stereocenters. The SMILES string of the molecule is CNCCOC12CC3(Cn4ncc(-c5ccc(N6CCCc7c6nnc(Nc6nc8ccccc8s6)c7C)nc5C(=O)N(C)C)c4C)C[C@@](C)(C1)C[C@](C)(C3)C2. The third-order valence-corrected chi connectivity index (χ3v) is 13.9. The summed E-state index contributed by atoms with van der Waals surface area (Å²) in [6.07, 6.45) is 10.8. The number of thiazole rings is 1. The van der Waals surface area contributed by atoms with Gasteiger partial charge in [-0.2, -0.15) is 5.10 Å². The monoisotopic (exact) mass is 774 g/mol. The minimum Gasteiger partial charge on any atom is -0.374 e. The van der Waals surface area contributed by atoms with Crippen molar-refractivity contribution < 1.29 is 9.53 Å². The first-order valence-electron chi connectivity index (χ1n) is 20.1. The fraction of sp³-hybridized carbons (Fsp3) is 0.535. The van der Waals surface area contributed by atoms with Crippen LogP contribution in [-0.2, 0) is 17.7 Å². The molecule has 5 heterocycles. The summed E-state index contributed by atoms with van der Waals surface area (Å²) in [7, 11) is 5.56. The van der Waals surface area contributed by atoms with Gasteiger partial charge >= 0.3 is 0 Å². The average Bonchev–Trinajstić information content (AvgIpc) is 3.72. The van der Waals surface area contributed by atoms with E-state index in [9.17, 15) is 4.79 Å². The number of rotatable bonds is 11. The van der Waals surface area contributed by atoms with Crippen LogP contribution in [0.15, 0.2) is 42.6 Å². The van der Waals surface area contributed by atoms with Crippen molar-refractivity contribution in [3.05, 3.63) is 65.1 Å². The molecule has 0 spiro atoms. The molecular formula is C43H54N10O2S. The van der Waals surface area contributed by atoms with Gasteiger partial charge in [-0.25, -0.2) is 9.97 Å². The van der Waals surface area contributed by atoms with Crippen molar-refractivity contribution in [3.8, 4) is 11.1 Å². The number of benzene rings is 1. The van der Waals surface area contributed by atoms with Crippen LogP contribution in [0.1, 0.15) is 86.1 Å². The highest BCUT2D eigenvalue weighted by molar-refractivity contribution is 7.22. The van der Waals surface area contributed by atoms with Crippen molar-refractivity contribution in [2.75, 3.05) is 51.1 Å². The lowest BCUT2D eigenvalue weighted by Crippen LogP contribution is -2.64. The van der Waals surface area contributed by atoms with Gasteiger partial charge in [-0.15, -0.1) is 10.2 Å². The molecule has 1 aliphatic heterocycles. The maximum atomic E-state index is 13.9. The Morgan fingerprint density at radius 1 is 0.964 bits per heavy atom. The number of nitrogens with zero attached hydrogens (tertiary/aromatic N) is 8. The highest BCUT2D eigenvalue weighted by Gasteiger charge is 2.66. The summed E-state index contributed by atoms with van der Waals surface area (Å²) in [6.45, 7) is 12.4. The second-order valence-corrected chi connectivity index (χ2v) is 19.3. The molecule has 4 aliphatic carbocycles. The number of para-hydroxylation sites is 1. The predicted octanol–water partition coefficient (Wildman–Crippen LogP) is 7.85. The predicted molar refractivity (Wildman–Crippen MR) is 222 cm³/mol. The molecule has 5 aromatic rings. The van der Waals surface area contributed by atoms with E-state index in [1.54, 1.807) is 30.3 Å². The number of pyridine rings is 1. The van der Waals surface area contributed by atoms with Crippen molar-refractivity contribution in [3.63, 3.8) is 0 Å². The van der Waals surface area contributed by atoms with Gasteiger partial charge < -0.3 is 25.2 Å². The summed E-state index contributed by atoms with van der Waals surface area (Å²) >= 11 is 1.60. The summed E-state index contributed by atoms with van der Waals surface area (Å²) in [5, 5.41) is 21.9. The number of hydrogen-bond donors (Lipinski definition) is 2. The molecule has 1 aromatic carbocycles. The number of likely N-dealkylation sites (N-methyl/N-ethyl adjacent to an activating group) is 1. The third-order valence-electron chi connectivity index (χ3n) is 13.0. The molecule has 0 saturated heterocycles. The van der Waals surface area contributed by atoms with Crippen LogP contribution in [0.25, 0.3) is 21.3 Å². The highest BCUT2D eigenvalue weighted by atomic mass is 32.1. The number of aromatic nitrogens is 6. The fourth-order valence-electron chi connectivity index (χ4n) is 11.8. The molecule has 4 saturated carbocycles. The van der Waals surface area contributed by atoms with Crippen LogP contribution in [-0.4, -0.2) is 87.2 Å². The second kappa shape index (κ2) is 13.6. The van der Waals surface area contributed by atoms with Crippen molar-refractivity contribution in [2.24, 2.45) is 16.2 Å². The zero-order chi connectivity index (χ0) is 39.0. The zero-order valence-electron chi connectivity index (χ0n) is 33.8. The van der Waals surface area contributed by atoms with E-state index in [4.69, 9.17) is 24.9 Å². The van der Waals surface area contributed by atoms with Gasteiger partial charge in [0.05, 0.1) is 28.6 Å². The maximum Gasteiger partial charge on any atom is 0.272 e. The Hall–Kier alpha value is -4.46. The number of nitrogens with one attached hydrogen (secondary N) is 2. The number of carbonyl (C=O) groups excluding carboxylic acids is 1. The van der Waals surface area contributed by atoms with Crippen LogP contribution >= 0.6 is 11.3 Å². The Labute approximate surface area is 333 Å². The normalized spacial score (nSPS) is 26.5. The van der Waals surface area contributed by atoms with Gasteiger partial charge in [0.1, 0.15) is 11.5 Å². The van der Waals surface area contributed by atoms with Crippen LogP contribution in [0.5, 0.6) is 0 Å². The van der Waals surface area contributed by atoms with Gasteiger partial charge in [-0.3, -0.25) is 9.48 Å². The standard InChI is InChI=1S/C43H54N10O2S/c1-27-29-11-10-17-52(37(29)50-49-36(27)48-39-46-32-12-8-9-13-33(32)56-39)34-15-14-30(35(47-34)38(54)51(6)7)31-19-45-53(28(31)2)26-42-21-40(3)20-41(4,22-42)24-43(23-40,25-42)55-18-16-44-5/h8-9,12-15,19,44H,10-11,16-18,20-26H2,1-7H3,(H,46,48,49)/t40-,41+,42?,43?. The maximum absolute atomic E-state index is 13.9. The van der Waals surface area contributed by atoms with Crippen LogP contribution in [0.3, 0.4) is 0 Å². The Morgan fingerprint density at radius 2 is 1.75 bits per heavy atom. The second-order valence-electron chi connectivity index (χ2n) is 18.2. The molecule has 2 unspecified atom stereocenters. The van der Waals surface area contributed by atoms with Crippen molar-refractivity contribution in [2.45, 2.75) is 91.2 Å². The highest BCUT2D eigenvalue weighted by Crippen LogP contribution is 2.72. The summed E-state index contributed by atoms with van der Waals surface area (Å²) in [6, 6.07) is 12.2. The van der Waals surface area contributed by atoms with E-state index < -0.39 is 0 Å². The van der Waals surface area contributed by atoms with Gasteiger partial charge in [0.25, 0.3) is 5.91 Å². The lowest BCUT2D eigenvalue weighted by Gasteiger charge is -2.69. The van der Waals surface area contributed by atoms with Crippen LogP contribution < -0.4 is 15.5 Å². The number of amides is 1. The van der Waals surface area contributed by atoms with E-state index in [1.807, 2.05) is 43.6 Å². The van der Waals surface area contributed by atoms with Crippen LogP contribution in [0.2, 0.25) is 0 Å². The topological polar surface area (TPSA) is 126 Å². The molecular weight excluding hydrogens is 721 g/mol. The molecule has 294 valence electrons. The van der Waals surface area contributed by atoms with E-state index in [-0.39, 0.29) is 27.8 Å². The first-order chi connectivity index (χ1) is 26.8. The number of fused-ring (bicyclic) bond motifs is 2. The Balaban J connectivity index is 1.02. The van der Waals surface area contributed by atoms with E-state index in [1.165, 1.54) is 19.3 Å². The summed E-state index contributed by atoms with van der Waals surface area (Å²) in [5.74, 6) is 2.02. The van der Waals surface area contributed by atoms with Crippen LogP contribution in [0.4, 0.5) is 22.6 Å². The molecule has 4 bridgehead atoms. The van der Waals surface area contributed by atoms with E-state index >= 15 is 0 Å². The smallest absolute Gasteiger partial charge is 0.272 e. The first-order valence-corrected chi connectivity index (χ1v) is 20.9. The van der Waals surface area contributed by atoms with Gasteiger partial charge in [-0.05, 0) is 113 Å². The number of hydrogen-bond acceptors (Lipinski definition) is 11. The molecule has 2 N–H and O–H groups in total. The largest absolute Gasteiger partial charge is 0.374 e. The van der Waals surface area contributed by atoms with Gasteiger partial charge in [-0.1, -0.05) is 37.3 Å². The number of ether oxygens (including phenoxy) is 1. The summed E-state index contributed by atoms with van der Waals surface area (Å²) in [4.78, 5) is 27.5. The molecule has 0 radical (unpaired) electrons. The van der Waals surface area contributed by atoms with Crippen LogP contribution in [0, 0.1) is 30.1 Å². The van der Waals surface area contributed by atoms with Gasteiger partial charge in [0.15, 0.2) is 16.8 Å². The molecule has 13 heteroatoms. The van der Waals surface area contributed by atoms with Crippen molar-refractivity contribution >= 4 is 50.0 Å². The van der Waals surface area contributed by atoms with Crippen molar-refractivity contribution in [1.82, 2.24) is 40.2 Å². The van der Waals surface area contributed by atoms with Gasteiger partial charge in [0, 0.05) is 61.7 Å². The molecule has 10 rings (SSSR count). The summed E-state index contributed by atoms with van der Waals surface area (Å²) < 4.78 is 10.1. The molecule has 4 fully saturated rings. The van der Waals surface area contributed by atoms with E-state index in [0.29, 0.717) is 17.3 Å². The molecule has 4 aromatic heterocycles.